The van der Waals surface area contributed by atoms with Crippen molar-refractivity contribution < 1.29 is 23.1 Å². The molecular formula is C26H26ClNO5S2. The molecule has 1 saturated heterocycles. The van der Waals surface area contributed by atoms with Crippen molar-refractivity contribution >= 4 is 39.4 Å². The quantitative estimate of drug-likeness (QED) is 0.424. The Kier molecular flexibility index (Phi) is 7.76. The van der Waals surface area contributed by atoms with Crippen molar-refractivity contribution in [2.24, 2.45) is 5.92 Å². The fourth-order valence-electron chi connectivity index (χ4n) is 4.26. The molecule has 1 N–H and O–H groups in total. The second-order valence-electron chi connectivity index (χ2n) is 8.47. The van der Waals surface area contributed by atoms with E-state index in [1.807, 2.05) is 37.3 Å². The number of aryl methyl sites for hydroxylation is 1. The summed E-state index contributed by atoms with van der Waals surface area (Å²) in [4.78, 5) is 13.4. The standard InChI is InChI=1S/C26H26ClNO5S2/c1-17-6-12-22(13-7-17)35(31,32)28-16-23(26(29)30)25(34-21-10-8-20(33-2)9-11-21)15-24(28)18-4-3-5-19(27)14-18/h3-14,23-25H,15-16H2,1-2H3,(H,29,30)/t23-,24+,25-/m1/s1. The predicted octanol–water partition coefficient (Wildman–Crippen LogP) is 5.65. The summed E-state index contributed by atoms with van der Waals surface area (Å²) in [5.74, 6) is -1.21. The summed E-state index contributed by atoms with van der Waals surface area (Å²) in [7, 11) is -2.37. The zero-order valence-electron chi connectivity index (χ0n) is 19.3. The maximum Gasteiger partial charge on any atom is 0.308 e. The van der Waals surface area contributed by atoms with Gasteiger partial charge in [0.2, 0.25) is 10.0 Å². The van der Waals surface area contributed by atoms with Crippen LogP contribution in [0.3, 0.4) is 0 Å². The van der Waals surface area contributed by atoms with Gasteiger partial charge < -0.3 is 9.84 Å². The van der Waals surface area contributed by atoms with Crippen LogP contribution in [0.2, 0.25) is 5.02 Å². The van der Waals surface area contributed by atoms with E-state index in [0.29, 0.717) is 17.2 Å². The van der Waals surface area contributed by atoms with Crippen molar-refractivity contribution in [1.82, 2.24) is 4.31 Å². The number of ether oxygens (including phenoxy) is 1. The lowest BCUT2D eigenvalue weighted by Gasteiger charge is -2.41. The first kappa shape index (κ1) is 25.6. The van der Waals surface area contributed by atoms with Crippen LogP contribution < -0.4 is 4.74 Å². The lowest BCUT2D eigenvalue weighted by atomic mass is 9.90. The van der Waals surface area contributed by atoms with Gasteiger partial charge in [-0.2, -0.15) is 4.31 Å². The molecule has 0 spiro atoms. The summed E-state index contributed by atoms with van der Waals surface area (Å²) >= 11 is 7.70. The van der Waals surface area contributed by atoms with Crippen LogP contribution in [-0.2, 0) is 14.8 Å². The summed E-state index contributed by atoms with van der Waals surface area (Å²) in [5, 5.41) is 10.2. The zero-order chi connectivity index (χ0) is 25.2. The maximum absolute atomic E-state index is 13.8. The highest BCUT2D eigenvalue weighted by atomic mass is 35.5. The smallest absolute Gasteiger partial charge is 0.308 e. The van der Waals surface area contributed by atoms with Crippen molar-refractivity contribution in [2.75, 3.05) is 13.7 Å². The van der Waals surface area contributed by atoms with Crippen molar-refractivity contribution in [3.63, 3.8) is 0 Å². The molecule has 35 heavy (non-hydrogen) atoms. The number of carboxylic acid groups (broad SMARTS) is 1. The SMILES string of the molecule is COc1ccc(S[C@@H]2C[C@@H](c3cccc(Cl)c3)N(S(=O)(=O)c3ccc(C)cc3)C[C@H]2C(=O)O)cc1. The molecule has 9 heteroatoms. The molecule has 3 atom stereocenters. The number of hydrogen-bond acceptors (Lipinski definition) is 5. The lowest BCUT2D eigenvalue weighted by Crippen LogP contribution is -2.49. The topological polar surface area (TPSA) is 83.9 Å². The number of methoxy groups -OCH3 is 1. The molecule has 3 aromatic carbocycles. The van der Waals surface area contributed by atoms with Crippen molar-refractivity contribution in [1.29, 1.82) is 0 Å². The molecule has 1 heterocycles. The average Bonchev–Trinajstić information content (AvgIpc) is 2.84. The van der Waals surface area contributed by atoms with E-state index in [1.54, 1.807) is 49.6 Å². The van der Waals surface area contributed by atoms with Gasteiger partial charge in [0, 0.05) is 21.7 Å². The van der Waals surface area contributed by atoms with Gasteiger partial charge in [0.1, 0.15) is 5.75 Å². The Morgan fingerprint density at radius 1 is 1.09 bits per heavy atom. The first-order chi connectivity index (χ1) is 16.7. The molecule has 0 unspecified atom stereocenters. The summed E-state index contributed by atoms with van der Waals surface area (Å²) in [6.45, 7) is 1.74. The molecule has 3 aromatic rings. The maximum atomic E-state index is 13.8. The molecule has 0 amide bonds. The van der Waals surface area contributed by atoms with Crippen LogP contribution in [0.25, 0.3) is 0 Å². The molecule has 1 fully saturated rings. The Labute approximate surface area is 214 Å². The minimum Gasteiger partial charge on any atom is -0.497 e. The van der Waals surface area contributed by atoms with Gasteiger partial charge >= 0.3 is 5.97 Å². The third kappa shape index (κ3) is 5.67. The molecule has 1 aliphatic heterocycles. The van der Waals surface area contributed by atoms with Crippen LogP contribution in [0.5, 0.6) is 5.75 Å². The first-order valence-electron chi connectivity index (χ1n) is 11.1. The van der Waals surface area contributed by atoms with Crippen LogP contribution in [0.1, 0.15) is 23.6 Å². The number of aliphatic carboxylic acids is 1. The molecule has 0 aromatic heterocycles. The molecular weight excluding hydrogens is 506 g/mol. The van der Waals surface area contributed by atoms with Crippen LogP contribution >= 0.6 is 23.4 Å². The third-order valence-corrected chi connectivity index (χ3v) is 9.65. The average molecular weight is 532 g/mol. The van der Waals surface area contributed by atoms with E-state index < -0.39 is 28.0 Å². The molecule has 0 bridgehead atoms. The number of halogens is 1. The van der Waals surface area contributed by atoms with Gasteiger partial charge in [-0.15, -0.1) is 11.8 Å². The largest absolute Gasteiger partial charge is 0.497 e. The highest BCUT2D eigenvalue weighted by Gasteiger charge is 2.45. The van der Waals surface area contributed by atoms with Gasteiger partial charge in [0.15, 0.2) is 0 Å². The second-order valence-corrected chi connectivity index (χ2v) is 12.1. The van der Waals surface area contributed by atoms with Gasteiger partial charge in [-0.1, -0.05) is 41.4 Å². The van der Waals surface area contributed by atoms with E-state index in [9.17, 15) is 18.3 Å². The predicted molar refractivity (Wildman–Crippen MR) is 138 cm³/mol. The molecule has 0 radical (unpaired) electrons. The number of carboxylic acids is 1. The van der Waals surface area contributed by atoms with Crippen LogP contribution in [0.15, 0.2) is 82.6 Å². The number of benzene rings is 3. The summed E-state index contributed by atoms with van der Waals surface area (Å²) in [5.41, 5.74) is 1.67. The van der Waals surface area contributed by atoms with Crippen molar-refractivity contribution in [3.8, 4) is 5.75 Å². The van der Waals surface area contributed by atoms with E-state index in [0.717, 1.165) is 16.0 Å². The zero-order valence-corrected chi connectivity index (χ0v) is 21.7. The van der Waals surface area contributed by atoms with Gasteiger partial charge in [-0.25, -0.2) is 8.42 Å². The fraction of sp³-hybridized carbons (Fsp3) is 0.269. The van der Waals surface area contributed by atoms with Crippen molar-refractivity contribution in [3.05, 3.63) is 88.9 Å². The Hall–Kier alpha value is -2.52. The monoisotopic (exact) mass is 531 g/mol. The lowest BCUT2D eigenvalue weighted by molar-refractivity contribution is -0.143. The molecule has 6 nitrogen and oxygen atoms in total. The number of nitrogens with zero attached hydrogens (tertiary/aromatic N) is 1. The Balaban J connectivity index is 1.74. The van der Waals surface area contributed by atoms with Gasteiger partial charge in [0.05, 0.1) is 24.0 Å². The fourth-order valence-corrected chi connectivity index (χ4v) is 7.40. The third-order valence-electron chi connectivity index (χ3n) is 6.15. The molecule has 0 aliphatic carbocycles. The first-order valence-corrected chi connectivity index (χ1v) is 13.8. The van der Waals surface area contributed by atoms with E-state index in [4.69, 9.17) is 16.3 Å². The van der Waals surface area contributed by atoms with E-state index in [1.165, 1.54) is 16.1 Å². The number of rotatable bonds is 7. The normalized spacial score (nSPS) is 20.9. The van der Waals surface area contributed by atoms with Gasteiger partial charge in [-0.3, -0.25) is 4.79 Å². The summed E-state index contributed by atoms with van der Waals surface area (Å²) < 4.78 is 34.0. The van der Waals surface area contributed by atoms with Crippen LogP contribution in [-0.4, -0.2) is 42.7 Å². The molecule has 184 valence electrons. The van der Waals surface area contributed by atoms with E-state index in [2.05, 4.69) is 0 Å². The number of sulfonamides is 1. The van der Waals surface area contributed by atoms with E-state index >= 15 is 0 Å². The highest BCUT2D eigenvalue weighted by Crippen LogP contribution is 2.44. The Morgan fingerprint density at radius 2 is 1.77 bits per heavy atom. The van der Waals surface area contributed by atoms with Crippen LogP contribution in [0, 0.1) is 12.8 Å². The molecule has 1 aliphatic rings. The van der Waals surface area contributed by atoms with Crippen LogP contribution in [0.4, 0.5) is 0 Å². The number of piperidine rings is 1. The van der Waals surface area contributed by atoms with Gasteiger partial charge in [-0.05, 0) is 67.4 Å². The minimum absolute atomic E-state index is 0.139. The minimum atomic E-state index is -3.96. The number of thioether (sulfide) groups is 1. The molecule has 4 rings (SSSR count). The van der Waals surface area contributed by atoms with Gasteiger partial charge in [0.25, 0.3) is 0 Å². The Bertz CT molecular complexity index is 1300. The van der Waals surface area contributed by atoms with E-state index in [-0.39, 0.29) is 16.7 Å². The number of carbonyl (C=O) groups is 1. The summed E-state index contributed by atoms with van der Waals surface area (Å²) in [6, 6.07) is 20.5. The van der Waals surface area contributed by atoms with Crippen molar-refractivity contribution in [2.45, 2.75) is 34.4 Å². The Morgan fingerprint density at radius 3 is 2.37 bits per heavy atom. The molecule has 0 saturated carbocycles. The number of hydrogen-bond donors (Lipinski definition) is 1. The second kappa shape index (κ2) is 10.6. The highest BCUT2D eigenvalue weighted by molar-refractivity contribution is 8.00. The summed E-state index contributed by atoms with van der Waals surface area (Å²) in [6.07, 6.45) is 0.319.